The lowest BCUT2D eigenvalue weighted by Crippen LogP contribution is -2.25. The SMILES string of the molecule is Cc1cc(C)cc(C(=O)O[C@@H](C)C(=O)c2c(C)[nH]c3ccccc23)c1. The van der Waals surface area contributed by atoms with Gasteiger partial charge in [-0.15, -0.1) is 0 Å². The van der Waals surface area contributed by atoms with Gasteiger partial charge in [0.05, 0.1) is 5.56 Å². The van der Waals surface area contributed by atoms with Gasteiger partial charge >= 0.3 is 5.97 Å². The highest BCUT2D eigenvalue weighted by Gasteiger charge is 2.25. The van der Waals surface area contributed by atoms with Crippen molar-refractivity contribution in [2.24, 2.45) is 0 Å². The van der Waals surface area contributed by atoms with Crippen molar-refractivity contribution in [1.29, 1.82) is 0 Å². The molecule has 1 atom stereocenters. The highest BCUT2D eigenvalue weighted by molar-refractivity contribution is 6.11. The Balaban J connectivity index is 1.85. The van der Waals surface area contributed by atoms with E-state index in [-0.39, 0.29) is 5.78 Å². The molecule has 0 fully saturated rings. The van der Waals surface area contributed by atoms with Crippen molar-refractivity contribution in [3.05, 3.63) is 70.4 Å². The molecule has 4 nitrogen and oxygen atoms in total. The largest absolute Gasteiger partial charge is 0.451 e. The lowest BCUT2D eigenvalue weighted by molar-refractivity contribution is 0.0319. The second-order valence-electron chi connectivity index (χ2n) is 6.46. The lowest BCUT2D eigenvalue weighted by Gasteiger charge is -2.13. The highest BCUT2D eigenvalue weighted by Crippen LogP contribution is 2.24. The van der Waals surface area contributed by atoms with Crippen molar-refractivity contribution in [1.82, 2.24) is 4.98 Å². The number of aromatic nitrogens is 1. The maximum Gasteiger partial charge on any atom is 0.338 e. The number of esters is 1. The predicted molar refractivity (Wildman–Crippen MR) is 98.2 cm³/mol. The molecule has 2 aromatic carbocycles. The van der Waals surface area contributed by atoms with E-state index in [4.69, 9.17) is 4.74 Å². The third kappa shape index (κ3) is 3.33. The van der Waals surface area contributed by atoms with E-state index < -0.39 is 12.1 Å². The van der Waals surface area contributed by atoms with Gasteiger partial charge in [-0.3, -0.25) is 4.79 Å². The Kier molecular flexibility index (Phi) is 4.45. The van der Waals surface area contributed by atoms with E-state index in [2.05, 4.69) is 4.98 Å². The molecule has 3 rings (SSSR count). The van der Waals surface area contributed by atoms with E-state index in [1.165, 1.54) is 0 Å². The molecule has 0 radical (unpaired) electrons. The second-order valence-corrected chi connectivity index (χ2v) is 6.46. The third-order valence-electron chi connectivity index (χ3n) is 4.25. The van der Waals surface area contributed by atoms with E-state index in [0.717, 1.165) is 27.7 Å². The number of aryl methyl sites for hydroxylation is 3. The molecule has 1 N–H and O–H groups in total. The van der Waals surface area contributed by atoms with Crippen LogP contribution < -0.4 is 0 Å². The summed E-state index contributed by atoms with van der Waals surface area (Å²) in [4.78, 5) is 28.4. The number of ketones is 1. The van der Waals surface area contributed by atoms with Crippen LogP contribution in [0.25, 0.3) is 10.9 Å². The molecule has 0 aliphatic carbocycles. The first-order valence-electron chi connectivity index (χ1n) is 8.27. The number of carbonyl (C=O) groups is 2. The minimum atomic E-state index is -0.855. The third-order valence-corrected chi connectivity index (χ3v) is 4.25. The summed E-state index contributed by atoms with van der Waals surface area (Å²) in [5.41, 5.74) is 4.69. The zero-order valence-corrected chi connectivity index (χ0v) is 14.8. The molecule has 0 saturated heterocycles. The number of carbonyl (C=O) groups excluding carboxylic acids is 2. The monoisotopic (exact) mass is 335 g/mol. The van der Waals surface area contributed by atoms with Crippen LogP contribution in [0, 0.1) is 20.8 Å². The molecule has 0 amide bonds. The van der Waals surface area contributed by atoms with Gasteiger partial charge in [0.15, 0.2) is 6.10 Å². The smallest absolute Gasteiger partial charge is 0.338 e. The molecule has 4 heteroatoms. The summed E-state index contributed by atoms with van der Waals surface area (Å²) in [5.74, 6) is -0.683. The van der Waals surface area contributed by atoms with Crippen LogP contribution in [0.1, 0.15) is 44.5 Å². The molecule has 0 bridgehead atoms. The average molecular weight is 335 g/mol. The molecule has 0 aliphatic rings. The number of fused-ring (bicyclic) bond motifs is 1. The number of hydrogen-bond donors (Lipinski definition) is 1. The van der Waals surface area contributed by atoms with Crippen LogP contribution >= 0.6 is 0 Å². The zero-order valence-electron chi connectivity index (χ0n) is 14.8. The highest BCUT2D eigenvalue weighted by atomic mass is 16.5. The van der Waals surface area contributed by atoms with Gasteiger partial charge in [-0.25, -0.2) is 4.79 Å². The average Bonchev–Trinajstić information content (AvgIpc) is 2.88. The molecule has 0 saturated carbocycles. The molecule has 3 aromatic rings. The summed E-state index contributed by atoms with van der Waals surface area (Å²) in [7, 11) is 0. The molecule has 0 unspecified atom stereocenters. The Morgan fingerprint density at radius 1 is 1.00 bits per heavy atom. The maximum atomic E-state index is 12.8. The van der Waals surface area contributed by atoms with Gasteiger partial charge in [0, 0.05) is 22.2 Å². The van der Waals surface area contributed by atoms with Crippen LogP contribution in [0.5, 0.6) is 0 Å². The molecule has 1 aromatic heterocycles. The van der Waals surface area contributed by atoms with Gasteiger partial charge in [0.25, 0.3) is 0 Å². The Morgan fingerprint density at radius 2 is 1.64 bits per heavy atom. The number of rotatable bonds is 4. The molecule has 128 valence electrons. The molecule has 0 aliphatic heterocycles. The number of hydrogen-bond acceptors (Lipinski definition) is 3. The summed E-state index contributed by atoms with van der Waals surface area (Å²) >= 11 is 0. The minimum Gasteiger partial charge on any atom is -0.451 e. The summed E-state index contributed by atoms with van der Waals surface area (Å²) in [6.45, 7) is 7.32. The van der Waals surface area contributed by atoms with Crippen molar-refractivity contribution in [3.8, 4) is 0 Å². The van der Waals surface area contributed by atoms with Crippen LogP contribution in [0.3, 0.4) is 0 Å². The zero-order chi connectivity index (χ0) is 18.1. The van der Waals surface area contributed by atoms with Gasteiger partial charge in [-0.05, 0) is 45.9 Å². The fraction of sp³-hybridized carbons (Fsp3) is 0.238. The van der Waals surface area contributed by atoms with Crippen LogP contribution in [-0.2, 0) is 4.74 Å². The number of benzene rings is 2. The van der Waals surface area contributed by atoms with E-state index in [0.29, 0.717) is 11.1 Å². The van der Waals surface area contributed by atoms with Crippen LogP contribution in [-0.4, -0.2) is 22.8 Å². The first-order chi connectivity index (χ1) is 11.9. The number of para-hydroxylation sites is 1. The topological polar surface area (TPSA) is 59.2 Å². The standard InChI is InChI=1S/C21H21NO3/c1-12-9-13(2)11-16(10-12)21(24)25-15(4)20(23)19-14(3)22-18-8-6-5-7-17(18)19/h5-11,15,22H,1-4H3/t15-/m0/s1. The molecular weight excluding hydrogens is 314 g/mol. The lowest BCUT2D eigenvalue weighted by atomic mass is 10.0. The molecule has 0 spiro atoms. The Hall–Kier alpha value is -2.88. The van der Waals surface area contributed by atoms with Crippen molar-refractivity contribution >= 4 is 22.7 Å². The number of H-pyrrole nitrogens is 1. The first kappa shape index (κ1) is 17.0. The van der Waals surface area contributed by atoms with E-state index in [1.54, 1.807) is 19.1 Å². The normalized spacial score (nSPS) is 12.2. The van der Waals surface area contributed by atoms with Crippen molar-refractivity contribution in [3.63, 3.8) is 0 Å². The van der Waals surface area contributed by atoms with Gasteiger partial charge in [0.2, 0.25) is 5.78 Å². The predicted octanol–water partition coefficient (Wildman–Crippen LogP) is 4.52. The number of nitrogens with one attached hydrogen (secondary N) is 1. The minimum absolute atomic E-state index is 0.201. The van der Waals surface area contributed by atoms with Crippen molar-refractivity contribution in [2.45, 2.75) is 33.8 Å². The fourth-order valence-corrected chi connectivity index (χ4v) is 3.17. The Labute approximate surface area is 146 Å². The quantitative estimate of drug-likeness (QED) is 0.563. The number of aromatic amines is 1. The summed E-state index contributed by atoms with van der Waals surface area (Å²) in [5, 5.41) is 0.847. The van der Waals surface area contributed by atoms with Crippen LogP contribution in [0.15, 0.2) is 42.5 Å². The first-order valence-corrected chi connectivity index (χ1v) is 8.27. The van der Waals surface area contributed by atoms with E-state index in [1.807, 2.05) is 51.1 Å². The molecule has 25 heavy (non-hydrogen) atoms. The van der Waals surface area contributed by atoms with Crippen molar-refractivity contribution < 1.29 is 14.3 Å². The van der Waals surface area contributed by atoms with E-state index in [9.17, 15) is 9.59 Å². The molecule has 1 heterocycles. The number of ether oxygens (including phenoxy) is 1. The molecular formula is C21H21NO3. The van der Waals surface area contributed by atoms with Crippen LogP contribution in [0.4, 0.5) is 0 Å². The van der Waals surface area contributed by atoms with Gasteiger partial charge in [-0.1, -0.05) is 35.4 Å². The van der Waals surface area contributed by atoms with Crippen molar-refractivity contribution in [2.75, 3.05) is 0 Å². The Bertz CT molecular complexity index is 948. The maximum absolute atomic E-state index is 12.8. The van der Waals surface area contributed by atoms with Gasteiger partial charge in [-0.2, -0.15) is 0 Å². The second kappa shape index (κ2) is 6.55. The van der Waals surface area contributed by atoms with Crippen LogP contribution in [0.2, 0.25) is 0 Å². The summed E-state index contributed by atoms with van der Waals surface area (Å²) in [6.07, 6.45) is -0.855. The summed E-state index contributed by atoms with van der Waals surface area (Å²) < 4.78 is 5.43. The van der Waals surface area contributed by atoms with Gasteiger partial charge in [0.1, 0.15) is 0 Å². The fourth-order valence-electron chi connectivity index (χ4n) is 3.17. The van der Waals surface area contributed by atoms with E-state index >= 15 is 0 Å². The van der Waals surface area contributed by atoms with Gasteiger partial charge < -0.3 is 9.72 Å². The number of Topliss-reactive ketones (excluding diaryl/α,β-unsaturated/α-hetero) is 1. The Morgan fingerprint density at radius 3 is 2.32 bits per heavy atom. The summed E-state index contributed by atoms with van der Waals surface area (Å²) in [6, 6.07) is 13.1.